The Morgan fingerprint density at radius 3 is 2.36 bits per heavy atom. The summed E-state index contributed by atoms with van der Waals surface area (Å²) in [5.74, 6) is 0.716. The van der Waals surface area contributed by atoms with Gasteiger partial charge in [-0.25, -0.2) is 0 Å². The maximum Gasteiger partial charge on any atom is 0.228 e. The Labute approximate surface area is 132 Å². The summed E-state index contributed by atoms with van der Waals surface area (Å²) in [6.45, 7) is 4.01. The standard InChI is InChI=1S/C19H23NO2/c1-4-16(15-10-6-5-7-11-15)19(21)20-14(2)17-12-8-9-13-18(17)22-3/h5-14,16H,4H2,1-3H3,(H,20,21)/t14-,16-/m0/s1. The molecule has 2 atom stereocenters. The van der Waals surface area contributed by atoms with E-state index in [2.05, 4.69) is 5.32 Å². The van der Waals surface area contributed by atoms with E-state index in [1.807, 2.05) is 68.4 Å². The summed E-state index contributed by atoms with van der Waals surface area (Å²) >= 11 is 0. The molecule has 0 aliphatic carbocycles. The Bertz CT molecular complexity index is 610. The number of carbonyl (C=O) groups excluding carboxylic acids is 1. The van der Waals surface area contributed by atoms with E-state index < -0.39 is 0 Å². The fourth-order valence-electron chi connectivity index (χ4n) is 2.67. The van der Waals surface area contributed by atoms with E-state index in [-0.39, 0.29) is 17.9 Å². The van der Waals surface area contributed by atoms with Crippen LogP contribution in [-0.4, -0.2) is 13.0 Å². The van der Waals surface area contributed by atoms with Crippen LogP contribution in [0.1, 0.15) is 43.4 Å². The summed E-state index contributed by atoms with van der Waals surface area (Å²) in [4.78, 5) is 12.6. The van der Waals surface area contributed by atoms with Crippen molar-refractivity contribution in [3.8, 4) is 5.75 Å². The zero-order valence-electron chi connectivity index (χ0n) is 13.4. The molecule has 0 unspecified atom stereocenters. The van der Waals surface area contributed by atoms with Gasteiger partial charge in [0.2, 0.25) is 5.91 Å². The predicted octanol–water partition coefficient (Wildman–Crippen LogP) is 4.07. The minimum Gasteiger partial charge on any atom is -0.496 e. The topological polar surface area (TPSA) is 38.3 Å². The summed E-state index contributed by atoms with van der Waals surface area (Å²) < 4.78 is 5.37. The van der Waals surface area contributed by atoms with Gasteiger partial charge in [-0.3, -0.25) is 4.79 Å². The lowest BCUT2D eigenvalue weighted by Gasteiger charge is -2.21. The highest BCUT2D eigenvalue weighted by Crippen LogP contribution is 2.26. The number of hydrogen-bond donors (Lipinski definition) is 1. The van der Waals surface area contributed by atoms with Gasteiger partial charge in [0.05, 0.1) is 19.1 Å². The fraction of sp³-hybridized carbons (Fsp3) is 0.316. The number of benzene rings is 2. The van der Waals surface area contributed by atoms with Gasteiger partial charge in [-0.2, -0.15) is 0 Å². The Morgan fingerprint density at radius 2 is 1.73 bits per heavy atom. The van der Waals surface area contributed by atoms with E-state index in [0.717, 1.165) is 23.3 Å². The Hall–Kier alpha value is -2.29. The fourth-order valence-corrected chi connectivity index (χ4v) is 2.67. The van der Waals surface area contributed by atoms with Crippen molar-refractivity contribution in [3.63, 3.8) is 0 Å². The lowest BCUT2D eigenvalue weighted by atomic mass is 9.95. The Morgan fingerprint density at radius 1 is 1.09 bits per heavy atom. The first-order valence-electron chi connectivity index (χ1n) is 7.65. The zero-order valence-corrected chi connectivity index (χ0v) is 13.4. The van der Waals surface area contributed by atoms with Gasteiger partial charge in [0.15, 0.2) is 0 Å². The molecular weight excluding hydrogens is 274 g/mol. The third-order valence-corrected chi connectivity index (χ3v) is 3.89. The molecule has 2 rings (SSSR count). The molecule has 0 aliphatic rings. The number of rotatable bonds is 6. The van der Waals surface area contributed by atoms with Crippen molar-refractivity contribution in [1.29, 1.82) is 0 Å². The van der Waals surface area contributed by atoms with E-state index in [1.165, 1.54) is 0 Å². The summed E-state index contributed by atoms with van der Waals surface area (Å²) in [6, 6.07) is 17.6. The molecule has 0 spiro atoms. The van der Waals surface area contributed by atoms with E-state index in [4.69, 9.17) is 4.74 Å². The van der Waals surface area contributed by atoms with Gasteiger partial charge in [0, 0.05) is 5.56 Å². The minimum atomic E-state index is -0.127. The molecule has 0 aromatic heterocycles. The van der Waals surface area contributed by atoms with Crippen molar-refractivity contribution in [2.24, 2.45) is 0 Å². The number of hydrogen-bond acceptors (Lipinski definition) is 2. The molecule has 0 saturated carbocycles. The first-order valence-corrected chi connectivity index (χ1v) is 7.65. The quantitative estimate of drug-likeness (QED) is 0.873. The van der Waals surface area contributed by atoms with E-state index in [9.17, 15) is 4.79 Å². The number of methoxy groups -OCH3 is 1. The third kappa shape index (κ3) is 3.67. The molecule has 0 fully saturated rings. The van der Waals surface area contributed by atoms with Crippen LogP contribution in [0, 0.1) is 0 Å². The molecule has 1 amide bonds. The van der Waals surface area contributed by atoms with Crippen LogP contribution in [0.4, 0.5) is 0 Å². The van der Waals surface area contributed by atoms with Gasteiger partial charge < -0.3 is 10.1 Å². The number of ether oxygens (including phenoxy) is 1. The minimum absolute atomic E-state index is 0.0482. The Balaban J connectivity index is 2.13. The second-order valence-corrected chi connectivity index (χ2v) is 5.34. The maximum atomic E-state index is 12.6. The highest BCUT2D eigenvalue weighted by atomic mass is 16.5. The lowest BCUT2D eigenvalue weighted by molar-refractivity contribution is -0.123. The molecule has 0 bridgehead atoms. The number of carbonyl (C=O) groups is 1. The van der Waals surface area contributed by atoms with Gasteiger partial charge in [-0.15, -0.1) is 0 Å². The van der Waals surface area contributed by atoms with Crippen molar-refractivity contribution >= 4 is 5.91 Å². The summed E-state index contributed by atoms with van der Waals surface area (Å²) in [5.41, 5.74) is 2.04. The van der Waals surface area contributed by atoms with Crippen molar-refractivity contribution in [3.05, 3.63) is 65.7 Å². The van der Waals surface area contributed by atoms with Crippen LogP contribution in [0.3, 0.4) is 0 Å². The average molecular weight is 297 g/mol. The number of nitrogens with one attached hydrogen (secondary N) is 1. The summed E-state index contributed by atoms with van der Waals surface area (Å²) in [6.07, 6.45) is 0.772. The first-order chi connectivity index (χ1) is 10.7. The first kappa shape index (κ1) is 16.1. The van der Waals surface area contributed by atoms with Crippen LogP contribution in [0.25, 0.3) is 0 Å². The summed E-state index contributed by atoms with van der Waals surface area (Å²) in [5, 5.41) is 3.10. The van der Waals surface area contributed by atoms with Crippen molar-refractivity contribution in [2.75, 3.05) is 7.11 Å². The second kappa shape index (κ2) is 7.64. The molecule has 3 heteroatoms. The molecule has 3 nitrogen and oxygen atoms in total. The zero-order chi connectivity index (χ0) is 15.9. The van der Waals surface area contributed by atoms with Crippen molar-refractivity contribution in [2.45, 2.75) is 32.2 Å². The van der Waals surface area contributed by atoms with E-state index >= 15 is 0 Å². The number of para-hydroxylation sites is 1. The summed E-state index contributed by atoms with van der Waals surface area (Å²) in [7, 11) is 1.65. The second-order valence-electron chi connectivity index (χ2n) is 5.34. The molecule has 0 saturated heterocycles. The maximum absolute atomic E-state index is 12.6. The highest BCUT2D eigenvalue weighted by Gasteiger charge is 2.21. The SMILES string of the molecule is CC[C@H](C(=O)N[C@@H](C)c1ccccc1OC)c1ccccc1. The number of amides is 1. The molecule has 0 heterocycles. The molecule has 2 aromatic rings. The van der Waals surface area contributed by atoms with Gasteiger partial charge in [-0.05, 0) is 25.0 Å². The van der Waals surface area contributed by atoms with Gasteiger partial charge in [0.25, 0.3) is 0 Å². The van der Waals surface area contributed by atoms with Crippen LogP contribution >= 0.6 is 0 Å². The smallest absolute Gasteiger partial charge is 0.228 e. The van der Waals surface area contributed by atoms with Crippen LogP contribution in [0.2, 0.25) is 0 Å². The van der Waals surface area contributed by atoms with Crippen molar-refractivity contribution in [1.82, 2.24) is 5.32 Å². The van der Waals surface area contributed by atoms with Gasteiger partial charge in [0.1, 0.15) is 5.75 Å². The van der Waals surface area contributed by atoms with Crippen LogP contribution < -0.4 is 10.1 Å². The molecular formula is C19H23NO2. The van der Waals surface area contributed by atoms with E-state index in [1.54, 1.807) is 7.11 Å². The Kier molecular flexibility index (Phi) is 5.59. The average Bonchev–Trinajstić information content (AvgIpc) is 2.56. The lowest BCUT2D eigenvalue weighted by Crippen LogP contribution is -2.31. The molecule has 22 heavy (non-hydrogen) atoms. The van der Waals surface area contributed by atoms with Crippen molar-refractivity contribution < 1.29 is 9.53 Å². The molecule has 0 aliphatic heterocycles. The predicted molar refractivity (Wildman–Crippen MR) is 89.0 cm³/mol. The van der Waals surface area contributed by atoms with Gasteiger partial charge >= 0.3 is 0 Å². The molecule has 2 aromatic carbocycles. The van der Waals surface area contributed by atoms with Crippen LogP contribution in [0.5, 0.6) is 5.75 Å². The van der Waals surface area contributed by atoms with E-state index in [0.29, 0.717) is 0 Å². The molecule has 116 valence electrons. The molecule has 0 radical (unpaired) electrons. The third-order valence-electron chi connectivity index (χ3n) is 3.89. The van der Waals surface area contributed by atoms with Crippen LogP contribution in [0.15, 0.2) is 54.6 Å². The normalized spacial score (nSPS) is 13.2. The molecule has 1 N–H and O–H groups in total. The highest BCUT2D eigenvalue weighted by molar-refractivity contribution is 5.84. The monoisotopic (exact) mass is 297 g/mol. The van der Waals surface area contributed by atoms with Gasteiger partial charge in [-0.1, -0.05) is 55.5 Å². The van der Waals surface area contributed by atoms with Crippen LogP contribution in [-0.2, 0) is 4.79 Å². The largest absolute Gasteiger partial charge is 0.496 e.